The summed E-state index contributed by atoms with van der Waals surface area (Å²) in [6, 6.07) is 3.90. The summed E-state index contributed by atoms with van der Waals surface area (Å²) in [5.74, 6) is 0.317. The van der Waals surface area contributed by atoms with Crippen molar-refractivity contribution in [2.24, 2.45) is 5.41 Å². The molecule has 0 aliphatic carbocycles. The lowest BCUT2D eigenvalue weighted by atomic mass is 9.79. The molecule has 2 aliphatic heterocycles. The van der Waals surface area contributed by atoms with Gasteiger partial charge in [0.15, 0.2) is 0 Å². The number of carbonyl (C=O) groups excluding carboxylic acids is 2. The number of hydrogen-bond donors (Lipinski definition) is 1. The van der Waals surface area contributed by atoms with Gasteiger partial charge in [-0.15, -0.1) is 11.3 Å². The van der Waals surface area contributed by atoms with Crippen LogP contribution in [0.15, 0.2) is 12.1 Å². The number of amides is 2. The Bertz CT molecular complexity index is 540. The summed E-state index contributed by atoms with van der Waals surface area (Å²) in [7, 11) is 0. The highest BCUT2D eigenvalue weighted by Crippen LogP contribution is 2.38. The van der Waals surface area contributed by atoms with Gasteiger partial charge in [0.1, 0.15) is 0 Å². The molecule has 1 N–H and O–H groups in total. The summed E-state index contributed by atoms with van der Waals surface area (Å²) in [5.41, 5.74) is -0.208. The van der Waals surface area contributed by atoms with Crippen LogP contribution >= 0.6 is 11.3 Å². The summed E-state index contributed by atoms with van der Waals surface area (Å²) >= 11 is 1.55. The topological polar surface area (TPSA) is 49.4 Å². The third-order valence-electron chi connectivity index (χ3n) is 4.55. The second-order valence-electron chi connectivity index (χ2n) is 5.84. The summed E-state index contributed by atoms with van der Waals surface area (Å²) in [6.07, 6.45) is 3.55. The van der Waals surface area contributed by atoms with Gasteiger partial charge in [-0.05, 0) is 44.7 Å². The van der Waals surface area contributed by atoms with Gasteiger partial charge in [0.2, 0.25) is 5.91 Å². The van der Waals surface area contributed by atoms with Crippen molar-refractivity contribution in [2.75, 3.05) is 19.6 Å². The van der Waals surface area contributed by atoms with E-state index in [0.717, 1.165) is 48.5 Å². The van der Waals surface area contributed by atoms with Gasteiger partial charge in [-0.2, -0.15) is 0 Å². The molecule has 5 heteroatoms. The molecule has 2 saturated heterocycles. The molecular weight excluding hydrogens is 272 g/mol. The predicted octanol–water partition coefficient (Wildman–Crippen LogP) is 2.19. The number of rotatable bonds is 1. The van der Waals surface area contributed by atoms with Crippen molar-refractivity contribution in [3.63, 3.8) is 0 Å². The van der Waals surface area contributed by atoms with Crippen LogP contribution in [0.3, 0.4) is 0 Å². The van der Waals surface area contributed by atoms with E-state index >= 15 is 0 Å². The molecular formula is C15H20N2O2S. The minimum Gasteiger partial charge on any atom is -0.356 e. The zero-order valence-corrected chi connectivity index (χ0v) is 12.6. The Morgan fingerprint density at radius 1 is 1.30 bits per heavy atom. The Labute approximate surface area is 123 Å². The molecule has 1 atom stereocenters. The molecule has 2 aliphatic rings. The van der Waals surface area contributed by atoms with Crippen molar-refractivity contribution in [1.82, 2.24) is 10.2 Å². The summed E-state index contributed by atoms with van der Waals surface area (Å²) in [6.45, 7) is 4.27. The normalized spacial score (nSPS) is 26.6. The van der Waals surface area contributed by atoms with Gasteiger partial charge in [-0.1, -0.05) is 0 Å². The number of thiophene rings is 1. The lowest BCUT2D eigenvalue weighted by Gasteiger charge is -2.24. The van der Waals surface area contributed by atoms with Crippen molar-refractivity contribution >= 4 is 23.2 Å². The standard InChI is InChI=1S/C15H20N2O2S/c1-11-3-4-12(20-11)13(18)17-9-2-5-15(7-10-17)6-8-16-14(15)19/h3-4H,2,5-10H2,1H3,(H,16,19)/t15-/m0/s1. The van der Waals surface area contributed by atoms with Crippen LogP contribution in [0.2, 0.25) is 0 Å². The van der Waals surface area contributed by atoms with E-state index in [1.54, 1.807) is 11.3 Å². The number of aryl methyl sites for hydroxylation is 1. The lowest BCUT2D eigenvalue weighted by molar-refractivity contribution is -0.128. The molecule has 2 fully saturated rings. The van der Waals surface area contributed by atoms with Crippen molar-refractivity contribution < 1.29 is 9.59 Å². The van der Waals surface area contributed by atoms with E-state index in [1.807, 2.05) is 24.0 Å². The first kappa shape index (κ1) is 13.6. The fourth-order valence-electron chi connectivity index (χ4n) is 3.30. The largest absolute Gasteiger partial charge is 0.356 e. The third-order valence-corrected chi connectivity index (χ3v) is 5.54. The highest BCUT2D eigenvalue weighted by Gasteiger charge is 2.43. The summed E-state index contributed by atoms with van der Waals surface area (Å²) in [4.78, 5) is 28.4. The van der Waals surface area contributed by atoms with Gasteiger partial charge in [-0.25, -0.2) is 0 Å². The van der Waals surface area contributed by atoms with Gasteiger partial charge in [0.05, 0.1) is 10.3 Å². The fraction of sp³-hybridized carbons (Fsp3) is 0.600. The van der Waals surface area contributed by atoms with E-state index in [9.17, 15) is 9.59 Å². The SMILES string of the molecule is Cc1ccc(C(=O)N2CCC[C@]3(CCNC3=O)CC2)s1. The molecule has 4 nitrogen and oxygen atoms in total. The lowest BCUT2D eigenvalue weighted by Crippen LogP contribution is -2.34. The maximum atomic E-state index is 12.5. The van der Waals surface area contributed by atoms with E-state index < -0.39 is 0 Å². The van der Waals surface area contributed by atoms with Crippen LogP contribution in [-0.4, -0.2) is 36.3 Å². The van der Waals surface area contributed by atoms with E-state index in [1.165, 1.54) is 0 Å². The Kier molecular flexibility index (Phi) is 3.54. The first-order valence-electron chi connectivity index (χ1n) is 7.25. The van der Waals surface area contributed by atoms with Gasteiger partial charge >= 0.3 is 0 Å². The molecule has 3 heterocycles. The smallest absolute Gasteiger partial charge is 0.263 e. The maximum absolute atomic E-state index is 12.5. The Balaban J connectivity index is 1.71. The predicted molar refractivity (Wildman–Crippen MR) is 78.9 cm³/mol. The molecule has 0 aromatic carbocycles. The van der Waals surface area contributed by atoms with Crippen LogP contribution in [-0.2, 0) is 4.79 Å². The molecule has 0 radical (unpaired) electrons. The molecule has 0 saturated carbocycles. The summed E-state index contributed by atoms with van der Waals surface area (Å²) in [5, 5.41) is 2.95. The highest BCUT2D eigenvalue weighted by molar-refractivity contribution is 7.13. The van der Waals surface area contributed by atoms with Gasteiger partial charge in [-0.3, -0.25) is 9.59 Å². The molecule has 2 amide bonds. The summed E-state index contributed by atoms with van der Waals surface area (Å²) < 4.78 is 0. The molecule has 1 spiro atoms. The average molecular weight is 292 g/mol. The fourth-order valence-corrected chi connectivity index (χ4v) is 4.13. The average Bonchev–Trinajstić information content (AvgIpc) is 2.93. The van der Waals surface area contributed by atoms with Gasteiger partial charge < -0.3 is 10.2 Å². The van der Waals surface area contributed by atoms with Gasteiger partial charge in [0, 0.05) is 24.5 Å². The number of carbonyl (C=O) groups is 2. The van der Waals surface area contributed by atoms with Crippen molar-refractivity contribution in [1.29, 1.82) is 0 Å². The Hall–Kier alpha value is -1.36. The quantitative estimate of drug-likeness (QED) is 0.862. The Morgan fingerprint density at radius 2 is 2.15 bits per heavy atom. The maximum Gasteiger partial charge on any atom is 0.263 e. The second kappa shape index (κ2) is 5.20. The number of nitrogens with zero attached hydrogens (tertiary/aromatic N) is 1. The van der Waals surface area contributed by atoms with Crippen LogP contribution in [0, 0.1) is 12.3 Å². The van der Waals surface area contributed by atoms with Crippen LogP contribution in [0.1, 0.15) is 40.2 Å². The van der Waals surface area contributed by atoms with Crippen LogP contribution < -0.4 is 5.32 Å². The highest BCUT2D eigenvalue weighted by atomic mass is 32.1. The zero-order chi connectivity index (χ0) is 14.2. The minimum absolute atomic E-state index is 0.124. The van der Waals surface area contributed by atoms with E-state index in [0.29, 0.717) is 6.54 Å². The second-order valence-corrected chi connectivity index (χ2v) is 7.13. The monoisotopic (exact) mass is 292 g/mol. The zero-order valence-electron chi connectivity index (χ0n) is 11.8. The molecule has 1 aromatic rings. The van der Waals surface area contributed by atoms with Crippen LogP contribution in [0.5, 0.6) is 0 Å². The molecule has 0 bridgehead atoms. The molecule has 20 heavy (non-hydrogen) atoms. The first-order chi connectivity index (χ1) is 9.61. The van der Waals surface area contributed by atoms with Crippen molar-refractivity contribution in [2.45, 2.75) is 32.6 Å². The third kappa shape index (κ3) is 2.35. The molecule has 108 valence electrons. The molecule has 1 aromatic heterocycles. The Morgan fingerprint density at radius 3 is 2.80 bits per heavy atom. The van der Waals surface area contributed by atoms with Crippen molar-refractivity contribution in [3.05, 3.63) is 21.9 Å². The molecule has 0 unspecified atom stereocenters. The van der Waals surface area contributed by atoms with Crippen LogP contribution in [0.25, 0.3) is 0 Å². The number of nitrogens with one attached hydrogen (secondary N) is 1. The van der Waals surface area contributed by atoms with Crippen LogP contribution in [0.4, 0.5) is 0 Å². The van der Waals surface area contributed by atoms with E-state index in [4.69, 9.17) is 0 Å². The number of hydrogen-bond acceptors (Lipinski definition) is 3. The van der Waals surface area contributed by atoms with E-state index in [2.05, 4.69) is 5.32 Å². The number of likely N-dealkylation sites (tertiary alicyclic amines) is 1. The van der Waals surface area contributed by atoms with Crippen molar-refractivity contribution in [3.8, 4) is 0 Å². The molecule has 3 rings (SSSR count). The van der Waals surface area contributed by atoms with Gasteiger partial charge in [0.25, 0.3) is 5.91 Å². The minimum atomic E-state index is -0.208. The van der Waals surface area contributed by atoms with E-state index in [-0.39, 0.29) is 17.2 Å². The first-order valence-corrected chi connectivity index (χ1v) is 8.06.